The number of nitrogens with zero attached hydrogens (tertiary/aromatic N) is 1. The quantitative estimate of drug-likeness (QED) is 0.792. The molecule has 0 fully saturated rings. The van der Waals surface area contributed by atoms with E-state index in [9.17, 15) is 9.59 Å². The first-order valence-electron chi connectivity index (χ1n) is 5.77. The summed E-state index contributed by atoms with van der Waals surface area (Å²) >= 11 is 0. The zero-order chi connectivity index (χ0) is 14.4. The van der Waals surface area contributed by atoms with Gasteiger partial charge >= 0.3 is 5.97 Å². The van der Waals surface area contributed by atoms with Crippen molar-refractivity contribution in [1.82, 2.24) is 4.98 Å². The summed E-state index contributed by atoms with van der Waals surface area (Å²) in [6.45, 7) is 5.06. The van der Waals surface area contributed by atoms with Crippen LogP contribution in [0.15, 0.2) is 29.5 Å². The van der Waals surface area contributed by atoms with Gasteiger partial charge in [-0.25, -0.2) is 9.78 Å². The average Bonchev–Trinajstić information content (AvgIpc) is 2.39. The third-order valence-corrected chi connectivity index (χ3v) is 2.52. The fourth-order valence-corrected chi connectivity index (χ4v) is 1.28. The van der Waals surface area contributed by atoms with Crippen LogP contribution in [0, 0.1) is 0 Å². The van der Waals surface area contributed by atoms with Crippen molar-refractivity contribution in [2.75, 3.05) is 11.9 Å². The summed E-state index contributed by atoms with van der Waals surface area (Å²) in [5, 5.41) is 11.4. The molecule has 1 aromatic heterocycles. The predicted molar refractivity (Wildman–Crippen MR) is 70.0 cm³/mol. The van der Waals surface area contributed by atoms with Crippen LogP contribution < -0.4 is 10.1 Å². The Bertz CT molecular complexity index is 523. The van der Waals surface area contributed by atoms with Gasteiger partial charge in [-0.2, -0.15) is 0 Å². The number of carbonyl (C=O) groups excluding carboxylic acids is 1. The van der Waals surface area contributed by atoms with Gasteiger partial charge in [0.25, 0.3) is 5.91 Å². The van der Waals surface area contributed by atoms with Crippen molar-refractivity contribution in [1.29, 1.82) is 0 Å². The number of carboxylic acid groups (broad SMARTS) is 1. The summed E-state index contributed by atoms with van der Waals surface area (Å²) < 4.78 is 5.27. The summed E-state index contributed by atoms with van der Waals surface area (Å²) in [6, 6.07) is 3.29. The first kappa shape index (κ1) is 14.7. The second-order valence-electron chi connectivity index (χ2n) is 3.80. The number of carboxylic acids is 1. The molecule has 0 unspecified atom stereocenters. The predicted octanol–water partition coefficient (Wildman–Crippen LogP) is 1.84. The minimum atomic E-state index is -1.12. The fraction of sp³-hybridized carbons (Fsp3) is 0.308. The number of amides is 1. The molecule has 1 aromatic rings. The monoisotopic (exact) mass is 264 g/mol. The maximum Gasteiger partial charge on any atom is 0.331 e. The van der Waals surface area contributed by atoms with Crippen molar-refractivity contribution in [2.24, 2.45) is 0 Å². The van der Waals surface area contributed by atoms with E-state index in [2.05, 4.69) is 10.3 Å². The molecule has 6 nitrogen and oxygen atoms in total. The standard InChI is InChI=1S/C13H16N2O4/c1-4-19-12-10(6-5-7-14-12)15-11(16)8(2)9(3)13(17)18/h5-7H,4H2,1-3H3,(H,15,16)(H,17,18). The molecule has 0 saturated carbocycles. The molecule has 0 atom stereocenters. The van der Waals surface area contributed by atoms with Crippen LogP contribution >= 0.6 is 0 Å². The van der Waals surface area contributed by atoms with Gasteiger partial charge in [-0.15, -0.1) is 0 Å². The van der Waals surface area contributed by atoms with Gasteiger partial charge in [0, 0.05) is 17.3 Å². The minimum absolute atomic E-state index is 0.000602. The summed E-state index contributed by atoms with van der Waals surface area (Å²) in [5.74, 6) is -1.31. The van der Waals surface area contributed by atoms with Crippen LogP contribution in [0.2, 0.25) is 0 Å². The molecule has 2 N–H and O–H groups in total. The van der Waals surface area contributed by atoms with E-state index in [1.54, 1.807) is 25.3 Å². The van der Waals surface area contributed by atoms with Crippen molar-refractivity contribution in [2.45, 2.75) is 20.8 Å². The van der Waals surface area contributed by atoms with E-state index in [1.165, 1.54) is 13.8 Å². The first-order chi connectivity index (χ1) is 8.97. The lowest BCUT2D eigenvalue weighted by atomic mass is 10.1. The Morgan fingerprint density at radius 3 is 2.63 bits per heavy atom. The van der Waals surface area contributed by atoms with Crippen molar-refractivity contribution < 1.29 is 19.4 Å². The topological polar surface area (TPSA) is 88.5 Å². The molecule has 0 aromatic carbocycles. The van der Waals surface area contributed by atoms with E-state index in [-0.39, 0.29) is 11.1 Å². The molecule has 0 aliphatic heterocycles. The lowest BCUT2D eigenvalue weighted by molar-refractivity contribution is -0.133. The number of pyridine rings is 1. The third kappa shape index (κ3) is 3.80. The molecule has 1 rings (SSSR count). The van der Waals surface area contributed by atoms with E-state index < -0.39 is 11.9 Å². The smallest absolute Gasteiger partial charge is 0.331 e. The number of aliphatic carboxylic acids is 1. The Balaban J connectivity index is 2.94. The van der Waals surface area contributed by atoms with Crippen molar-refractivity contribution in [3.8, 4) is 5.88 Å². The van der Waals surface area contributed by atoms with Crippen LogP contribution in [0.4, 0.5) is 5.69 Å². The molecule has 0 aliphatic rings. The Morgan fingerprint density at radius 1 is 1.37 bits per heavy atom. The van der Waals surface area contributed by atoms with Crippen LogP contribution in [-0.4, -0.2) is 28.6 Å². The molecular formula is C13H16N2O4. The largest absolute Gasteiger partial charge is 0.478 e. The zero-order valence-corrected chi connectivity index (χ0v) is 11.1. The van der Waals surface area contributed by atoms with E-state index in [0.29, 0.717) is 18.2 Å². The lowest BCUT2D eigenvalue weighted by Crippen LogP contribution is -2.17. The zero-order valence-electron chi connectivity index (χ0n) is 11.1. The molecule has 0 radical (unpaired) electrons. The van der Waals surface area contributed by atoms with Gasteiger partial charge in [-0.05, 0) is 32.9 Å². The first-order valence-corrected chi connectivity index (χ1v) is 5.77. The van der Waals surface area contributed by atoms with E-state index in [4.69, 9.17) is 9.84 Å². The number of carbonyl (C=O) groups is 2. The van der Waals surface area contributed by atoms with Gasteiger partial charge in [0.2, 0.25) is 5.88 Å². The number of anilines is 1. The second kappa shape index (κ2) is 6.53. The minimum Gasteiger partial charge on any atom is -0.478 e. The molecule has 6 heteroatoms. The van der Waals surface area contributed by atoms with Gasteiger partial charge in [-0.3, -0.25) is 4.79 Å². The van der Waals surface area contributed by atoms with Gasteiger partial charge in [0.1, 0.15) is 5.69 Å². The Labute approximate surface area is 111 Å². The highest BCUT2D eigenvalue weighted by atomic mass is 16.5. The molecular weight excluding hydrogens is 248 g/mol. The van der Waals surface area contributed by atoms with Crippen molar-refractivity contribution >= 4 is 17.6 Å². The van der Waals surface area contributed by atoms with E-state index >= 15 is 0 Å². The van der Waals surface area contributed by atoms with Crippen LogP contribution in [0.25, 0.3) is 0 Å². The number of hydrogen-bond acceptors (Lipinski definition) is 4. The number of rotatable bonds is 5. The Hall–Kier alpha value is -2.37. The highest BCUT2D eigenvalue weighted by molar-refractivity contribution is 6.08. The number of ether oxygens (including phenoxy) is 1. The number of aromatic nitrogens is 1. The van der Waals surface area contributed by atoms with Crippen LogP contribution in [0.3, 0.4) is 0 Å². The highest BCUT2D eigenvalue weighted by Crippen LogP contribution is 2.21. The summed E-state index contributed by atoms with van der Waals surface area (Å²) in [5.41, 5.74) is 0.546. The summed E-state index contributed by atoms with van der Waals surface area (Å²) in [4.78, 5) is 26.7. The van der Waals surface area contributed by atoms with Gasteiger partial charge < -0.3 is 15.2 Å². The van der Waals surface area contributed by atoms with Gasteiger partial charge in [-0.1, -0.05) is 0 Å². The molecule has 0 bridgehead atoms. The SMILES string of the molecule is CCOc1ncccc1NC(=O)C(C)=C(C)C(=O)O. The number of nitrogens with one attached hydrogen (secondary N) is 1. The van der Waals surface area contributed by atoms with Gasteiger partial charge in [0.05, 0.1) is 6.61 Å². The molecule has 0 spiro atoms. The second-order valence-corrected chi connectivity index (χ2v) is 3.80. The summed E-state index contributed by atoms with van der Waals surface area (Å²) in [7, 11) is 0. The Kier molecular flexibility index (Phi) is 5.05. The summed E-state index contributed by atoms with van der Waals surface area (Å²) in [6.07, 6.45) is 1.55. The number of hydrogen-bond donors (Lipinski definition) is 2. The lowest BCUT2D eigenvalue weighted by Gasteiger charge is -2.10. The maximum absolute atomic E-state index is 11.9. The van der Waals surface area contributed by atoms with Gasteiger partial charge in [0.15, 0.2) is 0 Å². The average molecular weight is 264 g/mol. The van der Waals surface area contributed by atoms with Crippen LogP contribution in [0.1, 0.15) is 20.8 Å². The molecule has 1 heterocycles. The molecule has 0 saturated heterocycles. The molecule has 102 valence electrons. The molecule has 1 amide bonds. The normalized spacial score (nSPS) is 11.5. The highest BCUT2D eigenvalue weighted by Gasteiger charge is 2.14. The molecule has 19 heavy (non-hydrogen) atoms. The Morgan fingerprint density at radius 2 is 2.05 bits per heavy atom. The fourth-order valence-electron chi connectivity index (χ4n) is 1.28. The van der Waals surface area contributed by atoms with Crippen LogP contribution in [-0.2, 0) is 9.59 Å². The van der Waals surface area contributed by atoms with Crippen molar-refractivity contribution in [3.63, 3.8) is 0 Å². The van der Waals surface area contributed by atoms with Crippen LogP contribution in [0.5, 0.6) is 5.88 Å². The third-order valence-electron chi connectivity index (χ3n) is 2.52. The van der Waals surface area contributed by atoms with Crippen molar-refractivity contribution in [3.05, 3.63) is 29.5 Å². The maximum atomic E-state index is 11.9. The molecule has 0 aliphatic carbocycles. The van der Waals surface area contributed by atoms with E-state index in [0.717, 1.165) is 0 Å². The van der Waals surface area contributed by atoms with E-state index in [1.807, 2.05) is 0 Å².